The molecule has 1 aromatic carbocycles. The zero-order chi connectivity index (χ0) is 12.7. The van der Waals surface area contributed by atoms with Gasteiger partial charge in [0, 0.05) is 6.54 Å². The van der Waals surface area contributed by atoms with Crippen LogP contribution in [0.4, 0.5) is 4.39 Å². The maximum Gasteiger partial charge on any atom is 0.123 e. The van der Waals surface area contributed by atoms with E-state index < -0.39 is 0 Å². The van der Waals surface area contributed by atoms with Crippen molar-refractivity contribution in [2.75, 3.05) is 13.1 Å². The van der Waals surface area contributed by atoms with Crippen molar-refractivity contribution in [1.29, 1.82) is 0 Å². The molecule has 0 unspecified atom stereocenters. The summed E-state index contributed by atoms with van der Waals surface area (Å²) in [6.07, 6.45) is 3.29. The van der Waals surface area contributed by atoms with Crippen molar-refractivity contribution in [1.82, 2.24) is 5.32 Å². The minimum Gasteiger partial charge on any atom is -0.313 e. The highest BCUT2D eigenvalue weighted by Gasteiger charge is 2.03. The van der Waals surface area contributed by atoms with Crippen molar-refractivity contribution < 1.29 is 4.39 Å². The van der Waals surface area contributed by atoms with Gasteiger partial charge in [0.25, 0.3) is 0 Å². The van der Waals surface area contributed by atoms with Crippen LogP contribution in [0, 0.1) is 11.7 Å². The number of rotatable bonds is 6. The Kier molecular flexibility index (Phi) is 5.92. The van der Waals surface area contributed by atoms with Crippen molar-refractivity contribution in [3.63, 3.8) is 0 Å². The van der Waals surface area contributed by atoms with E-state index in [0.29, 0.717) is 5.92 Å². The fraction of sp³-hybridized carbons (Fsp3) is 0.467. The standard InChI is InChI=1S/C15H22FN/c1-4-9-17-11-14(12(2)3)10-13-5-7-15(16)8-6-13/h5-8,10,12,17H,4,9,11H2,1-3H3. The molecule has 1 aromatic rings. The molecule has 1 nitrogen and oxygen atoms in total. The van der Waals surface area contributed by atoms with Gasteiger partial charge in [-0.1, -0.05) is 44.6 Å². The lowest BCUT2D eigenvalue weighted by molar-refractivity contribution is 0.627. The van der Waals surface area contributed by atoms with Gasteiger partial charge in [-0.05, 0) is 36.6 Å². The number of benzene rings is 1. The number of hydrogen-bond acceptors (Lipinski definition) is 1. The van der Waals surface area contributed by atoms with Crippen LogP contribution in [0.1, 0.15) is 32.8 Å². The molecule has 17 heavy (non-hydrogen) atoms. The average molecular weight is 235 g/mol. The first-order valence-corrected chi connectivity index (χ1v) is 6.30. The van der Waals surface area contributed by atoms with Crippen molar-refractivity contribution in [3.8, 4) is 0 Å². The molecule has 1 N–H and O–H groups in total. The Morgan fingerprint density at radius 3 is 2.47 bits per heavy atom. The molecular formula is C15H22FN. The van der Waals surface area contributed by atoms with Gasteiger partial charge in [-0.3, -0.25) is 0 Å². The van der Waals surface area contributed by atoms with Crippen LogP contribution in [0.25, 0.3) is 6.08 Å². The van der Waals surface area contributed by atoms with Crippen LogP contribution in [0.3, 0.4) is 0 Å². The highest BCUT2D eigenvalue weighted by molar-refractivity contribution is 5.53. The lowest BCUT2D eigenvalue weighted by Crippen LogP contribution is -2.19. The van der Waals surface area contributed by atoms with Crippen molar-refractivity contribution in [3.05, 3.63) is 41.2 Å². The molecule has 0 atom stereocenters. The van der Waals surface area contributed by atoms with Gasteiger partial charge in [0.2, 0.25) is 0 Å². The SMILES string of the molecule is CCCNCC(=Cc1ccc(F)cc1)C(C)C. The molecule has 0 fully saturated rings. The van der Waals surface area contributed by atoms with Crippen molar-refractivity contribution in [2.45, 2.75) is 27.2 Å². The van der Waals surface area contributed by atoms with E-state index >= 15 is 0 Å². The Bertz CT molecular complexity index is 352. The highest BCUT2D eigenvalue weighted by atomic mass is 19.1. The van der Waals surface area contributed by atoms with Crippen LogP contribution in [0.15, 0.2) is 29.8 Å². The average Bonchev–Trinajstić information content (AvgIpc) is 2.30. The van der Waals surface area contributed by atoms with Gasteiger partial charge in [0.05, 0.1) is 0 Å². The molecule has 2 heteroatoms. The van der Waals surface area contributed by atoms with Crippen LogP contribution in [0.2, 0.25) is 0 Å². The van der Waals surface area contributed by atoms with Crippen molar-refractivity contribution >= 4 is 6.08 Å². The molecule has 0 heterocycles. The molecule has 0 amide bonds. The second kappa shape index (κ2) is 7.23. The third-order valence-corrected chi connectivity index (χ3v) is 2.72. The highest BCUT2D eigenvalue weighted by Crippen LogP contribution is 2.14. The normalized spacial score (nSPS) is 12.2. The van der Waals surface area contributed by atoms with E-state index in [0.717, 1.165) is 25.1 Å². The van der Waals surface area contributed by atoms with Gasteiger partial charge in [-0.15, -0.1) is 0 Å². The van der Waals surface area contributed by atoms with E-state index in [1.54, 1.807) is 0 Å². The number of halogens is 1. The molecule has 94 valence electrons. The summed E-state index contributed by atoms with van der Waals surface area (Å²) < 4.78 is 12.8. The summed E-state index contributed by atoms with van der Waals surface area (Å²) in [6.45, 7) is 8.47. The summed E-state index contributed by atoms with van der Waals surface area (Å²) in [7, 11) is 0. The first-order valence-electron chi connectivity index (χ1n) is 6.30. The monoisotopic (exact) mass is 235 g/mol. The van der Waals surface area contributed by atoms with E-state index in [9.17, 15) is 4.39 Å². The fourth-order valence-electron chi connectivity index (χ4n) is 1.60. The van der Waals surface area contributed by atoms with Crippen molar-refractivity contribution in [2.24, 2.45) is 5.92 Å². The zero-order valence-electron chi connectivity index (χ0n) is 11.0. The van der Waals surface area contributed by atoms with E-state index in [1.807, 2.05) is 12.1 Å². The quantitative estimate of drug-likeness (QED) is 0.738. The summed E-state index contributed by atoms with van der Waals surface area (Å²) in [5.41, 5.74) is 2.42. The minimum absolute atomic E-state index is 0.183. The molecule has 0 saturated heterocycles. The summed E-state index contributed by atoms with van der Waals surface area (Å²) >= 11 is 0. The summed E-state index contributed by atoms with van der Waals surface area (Å²) in [4.78, 5) is 0. The summed E-state index contributed by atoms with van der Waals surface area (Å²) in [5, 5.41) is 3.41. The molecule has 0 aliphatic rings. The molecule has 0 aliphatic carbocycles. The van der Waals surface area contributed by atoms with Crippen LogP contribution >= 0.6 is 0 Å². The van der Waals surface area contributed by atoms with Gasteiger partial charge >= 0.3 is 0 Å². The second-order valence-corrected chi connectivity index (χ2v) is 4.60. The van der Waals surface area contributed by atoms with E-state index in [2.05, 4.69) is 32.2 Å². The topological polar surface area (TPSA) is 12.0 Å². The summed E-state index contributed by atoms with van der Waals surface area (Å²) in [5.74, 6) is 0.321. The van der Waals surface area contributed by atoms with E-state index in [1.165, 1.54) is 17.7 Å². The molecule has 0 aliphatic heterocycles. The second-order valence-electron chi connectivity index (χ2n) is 4.60. The number of nitrogens with one attached hydrogen (secondary N) is 1. The molecule has 0 spiro atoms. The Morgan fingerprint density at radius 1 is 1.29 bits per heavy atom. The van der Waals surface area contributed by atoms with E-state index in [4.69, 9.17) is 0 Å². The maximum atomic E-state index is 12.8. The lowest BCUT2D eigenvalue weighted by atomic mass is 10.00. The van der Waals surface area contributed by atoms with Gasteiger partial charge in [0.15, 0.2) is 0 Å². The molecule has 0 bridgehead atoms. The van der Waals surface area contributed by atoms with E-state index in [-0.39, 0.29) is 5.82 Å². The Morgan fingerprint density at radius 2 is 1.94 bits per heavy atom. The molecular weight excluding hydrogens is 213 g/mol. The predicted molar refractivity (Wildman–Crippen MR) is 72.4 cm³/mol. The Balaban J connectivity index is 2.71. The van der Waals surface area contributed by atoms with Crippen LogP contribution in [-0.4, -0.2) is 13.1 Å². The predicted octanol–water partition coefficient (Wildman–Crippen LogP) is 3.86. The smallest absolute Gasteiger partial charge is 0.123 e. The summed E-state index contributed by atoms with van der Waals surface area (Å²) in [6, 6.07) is 6.64. The van der Waals surface area contributed by atoms with Crippen LogP contribution in [0.5, 0.6) is 0 Å². The number of hydrogen-bond donors (Lipinski definition) is 1. The maximum absolute atomic E-state index is 12.8. The van der Waals surface area contributed by atoms with Gasteiger partial charge in [-0.25, -0.2) is 4.39 Å². The molecule has 1 rings (SSSR count). The Labute approximate surface area is 104 Å². The largest absolute Gasteiger partial charge is 0.313 e. The van der Waals surface area contributed by atoms with Crippen LogP contribution < -0.4 is 5.32 Å². The molecule has 0 aromatic heterocycles. The minimum atomic E-state index is -0.183. The fourth-order valence-corrected chi connectivity index (χ4v) is 1.60. The van der Waals surface area contributed by atoms with Gasteiger partial charge < -0.3 is 5.32 Å². The van der Waals surface area contributed by atoms with Crippen LogP contribution in [-0.2, 0) is 0 Å². The first-order chi connectivity index (χ1) is 8.13. The van der Waals surface area contributed by atoms with Gasteiger partial charge in [0.1, 0.15) is 5.82 Å². The molecule has 0 radical (unpaired) electrons. The Hall–Kier alpha value is -1.15. The first kappa shape index (κ1) is 13.9. The third-order valence-electron chi connectivity index (χ3n) is 2.72. The lowest BCUT2D eigenvalue weighted by Gasteiger charge is -2.12. The van der Waals surface area contributed by atoms with Gasteiger partial charge in [-0.2, -0.15) is 0 Å². The third kappa shape index (κ3) is 5.14. The molecule has 0 saturated carbocycles. The zero-order valence-corrected chi connectivity index (χ0v) is 11.0.